The van der Waals surface area contributed by atoms with Gasteiger partial charge in [0.15, 0.2) is 0 Å². The van der Waals surface area contributed by atoms with Gasteiger partial charge in [-0.25, -0.2) is 0 Å². The molecule has 2 fully saturated rings. The number of nitrogens with one attached hydrogen (secondary N) is 2. The van der Waals surface area contributed by atoms with Gasteiger partial charge < -0.3 is 5.32 Å². The normalized spacial score (nSPS) is 16.7. The zero-order valence-electron chi connectivity index (χ0n) is 20.0. The van der Waals surface area contributed by atoms with Crippen molar-refractivity contribution in [3.8, 4) is 0 Å². The number of carbonyl (C=O) groups is 1. The third-order valence-electron chi connectivity index (χ3n) is 7.22. The molecule has 36 heavy (non-hydrogen) atoms. The van der Waals surface area contributed by atoms with E-state index in [1.165, 1.54) is 47.1 Å². The van der Waals surface area contributed by atoms with Crippen molar-refractivity contribution in [1.29, 1.82) is 0 Å². The zero-order chi connectivity index (χ0) is 24.5. The second-order valence-corrected chi connectivity index (χ2v) is 10.8. The number of halogens is 1. The SMILES string of the molecule is O=C(/C=C/c1ccc(/C(=C(\c2ccccc2)C2CCC2)c2ccc3[nH]nc(I)c3c2)cc1)NC1CC1. The Kier molecular flexibility index (Phi) is 6.48. The molecule has 0 radical (unpaired) electrons. The van der Waals surface area contributed by atoms with E-state index < -0.39 is 0 Å². The van der Waals surface area contributed by atoms with Crippen LogP contribution in [0, 0.1) is 9.62 Å². The lowest BCUT2D eigenvalue weighted by molar-refractivity contribution is -0.116. The van der Waals surface area contributed by atoms with Crippen LogP contribution in [-0.4, -0.2) is 22.1 Å². The van der Waals surface area contributed by atoms with Gasteiger partial charge in [0.05, 0.1) is 5.52 Å². The molecule has 2 N–H and O–H groups in total. The predicted molar refractivity (Wildman–Crippen MR) is 155 cm³/mol. The molecule has 2 aliphatic carbocycles. The fourth-order valence-corrected chi connectivity index (χ4v) is 5.49. The van der Waals surface area contributed by atoms with Gasteiger partial charge in [0.1, 0.15) is 3.70 Å². The van der Waals surface area contributed by atoms with Crippen LogP contribution in [0.25, 0.3) is 28.1 Å². The highest BCUT2D eigenvalue weighted by atomic mass is 127. The van der Waals surface area contributed by atoms with E-state index in [4.69, 9.17) is 0 Å². The molecular formula is C31H28IN3O. The van der Waals surface area contributed by atoms with Crippen LogP contribution in [0.1, 0.15) is 54.4 Å². The minimum Gasteiger partial charge on any atom is -0.350 e. The summed E-state index contributed by atoms with van der Waals surface area (Å²) in [6.07, 6.45) is 9.44. The summed E-state index contributed by atoms with van der Waals surface area (Å²) in [7, 11) is 0. The van der Waals surface area contributed by atoms with Gasteiger partial charge in [0.25, 0.3) is 0 Å². The molecule has 0 aliphatic heterocycles. The Hall–Kier alpha value is -3.19. The Morgan fingerprint density at radius 1 is 0.917 bits per heavy atom. The van der Waals surface area contributed by atoms with E-state index in [-0.39, 0.29) is 5.91 Å². The van der Waals surface area contributed by atoms with E-state index in [2.05, 4.69) is 111 Å². The Morgan fingerprint density at radius 3 is 2.36 bits per heavy atom. The molecule has 0 saturated heterocycles. The summed E-state index contributed by atoms with van der Waals surface area (Å²) in [5, 5.41) is 11.7. The molecule has 6 rings (SSSR count). The molecular weight excluding hydrogens is 557 g/mol. The van der Waals surface area contributed by atoms with Gasteiger partial charge in [0.2, 0.25) is 5.91 Å². The van der Waals surface area contributed by atoms with E-state index in [1.807, 2.05) is 6.08 Å². The van der Waals surface area contributed by atoms with Gasteiger partial charge >= 0.3 is 0 Å². The van der Waals surface area contributed by atoms with Crippen LogP contribution in [0.3, 0.4) is 0 Å². The first-order valence-electron chi connectivity index (χ1n) is 12.7. The first-order chi connectivity index (χ1) is 17.7. The van der Waals surface area contributed by atoms with Gasteiger partial charge in [-0.2, -0.15) is 5.10 Å². The van der Waals surface area contributed by atoms with Gasteiger partial charge in [0, 0.05) is 17.5 Å². The monoisotopic (exact) mass is 585 g/mol. The topological polar surface area (TPSA) is 57.8 Å². The number of carbonyl (C=O) groups excluding carboxylic acids is 1. The highest BCUT2D eigenvalue weighted by Crippen LogP contribution is 2.45. The highest BCUT2D eigenvalue weighted by Gasteiger charge is 2.27. The quantitative estimate of drug-likeness (QED) is 0.137. The number of rotatable bonds is 7. The second kappa shape index (κ2) is 10.1. The molecule has 4 aromatic rings. The molecule has 0 atom stereocenters. The maximum atomic E-state index is 12.1. The van der Waals surface area contributed by atoms with Crippen molar-refractivity contribution in [2.75, 3.05) is 0 Å². The van der Waals surface area contributed by atoms with Crippen LogP contribution in [-0.2, 0) is 4.79 Å². The number of amides is 1. The molecule has 1 aromatic heterocycles. The summed E-state index contributed by atoms with van der Waals surface area (Å²) in [6, 6.07) is 26.4. The van der Waals surface area contributed by atoms with Crippen molar-refractivity contribution in [2.45, 2.75) is 38.1 Å². The van der Waals surface area contributed by atoms with Gasteiger partial charge in [-0.3, -0.25) is 9.89 Å². The van der Waals surface area contributed by atoms with E-state index in [0.717, 1.165) is 33.0 Å². The fraction of sp³-hybridized carbons (Fsp3) is 0.226. The standard InChI is InChI=1S/C31H28IN3O/c32-31-26-19-24(14-17-27(26)34-35-31)30(29(22-7-4-8-22)21-5-2-1-3-6-21)23-12-9-20(10-13-23)11-18-28(36)33-25-15-16-25/h1-3,5-6,9-14,17-19,22,25H,4,7-8,15-16H2,(H,33,36)(H,34,35)/b18-11+,30-29-. The van der Waals surface area contributed by atoms with E-state index >= 15 is 0 Å². The van der Waals surface area contributed by atoms with E-state index in [1.54, 1.807) is 6.08 Å². The van der Waals surface area contributed by atoms with Crippen LogP contribution in [0.2, 0.25) is 0 Å². The number of benzene rings is 3. The molecule has 0 unspecified atom stereocenters. The Bertz CT molecular complexity index is 1460. The lowest BCUT2D eigenvalue weighted by Crippen LogP contribution is -2.22. The lowest BCUT2D eigenvalue weighted by atomic mass is 9.73. The minimum atomic E-state index is -0.0125. The molecule has 1 heterocycles. The zero-order valence-corrected chi connectivity index (χ0v) is 22.2. The van der Waals surface area contributed by atoms with Crippen molar-refractivity contribution in [3.05, 3.63) is 105 Å². The van der Waals surface area contributed by atoms with E-state index in [9.17, 15) is 4.79 Å². The molecule has 180 valence electrons. The number of aromatic amines is 1. The van der Waals surface area contributed by atoms with Crippen LogP contribution in [0.5, 0.6) is 0 Å². The molecule has 5 heteroatoms. The van der Waals surface area contributed by atoms with E-state index in [0.29, 0.717) is 12.0 Å². The number of aromatic nitrogens is 2. The number of nitrogens with zero attached hydrogens (tertiary/aromatic N) is 1. The molecule has 3 aromatic carbocycles. The van der Waals surface area contributed by atoms with Crippen LogP contribution >= 0.6 is 22.6 Å². The first kappa shape index (κ1) is 23.2. The predicted octanol–water partition coefficient (Wildman–Crippen LogP) is 7.22. The molecule has 2 saturated carbocycles. The molecule has 0 spiro atoms. The van der Waals surface area contributed by atoms with Gasteiger partial charge in [-0.15, -0.1) is 0 Å². The Balaban J connectivity index is 1.45. The maximum absolute atomic E-state index is 12.1. The van der Waals surface area contributed by atoms with Crippen molar-refractivity contribution >= 4 is 56.6 Å². The average molecular weight is 585 g/mol. The average Bonchev–Trinajstić information content (AvgIpc) is 3.62. The summed E-state index contributed by atoms with van der Waals surface area (Å²) >= 11 is 2.30. The molecule has 4 nitrogen and oxygen atoms in total. The summed E-state index contributed by atoms with van der Waals surface area (Å²) in [5.74, 6) is 0.536. The third-order valence-corrected chi connectivity index (χ3v) is 8.05. The van der Waals surface area contributed by atoms with Crippen molar-refractivity contribution in [3.63, 3.8) is 0 Å². The smallest absolute Gasteiger partial charge is 0.244 e. The van der Waals surface area contributed by atoms with Gasteiger partial charge in [-0.05, 0) is 106 Å². The van der Waals surface area contributed by atoms with Crippen LogP contribution in [0.4, 0.5) is 0 Å². The summed E-state index contributed by atoms with van der Waals surface area (Å²) in [6.45, 7) is 0. The summed E-state index contributed by atoms with van der Waals surface area (Å²) < 4.78 is 0.985. The van der Waals surface area contributed by atoms with Crippen LogP contribution < -0.4 is 5.32 Å². The number of hydrogen-bond donors (Lipinski definition) is 2. The second-order valence-electron chi connectivity index (χ2n) is 9.80. The Labute approximate surface area is 225 Å². The third kappa shape index (κ3) is 4.89. The molecule has 1 amide bonds. The lowest BCUT2D eigenvalue weighted by Gasteiger charge is -2.31. The minimum absolute atomic E-state index is 0.0125. The number of fused-ring (bicyclic) bond motifs is 1. The Morgan fingerprint density at radius 2 is 1.67 bits per heavy atom. The first-order valence-corrected chi connectivity index (χ1v) is 13.8. The highest BCUT2D eigenvalue weighted by molar-refractivity contribution is 14.1. The fourth-order valence-electron chi connectivity index (χ4n) is 4.92. The molecule has 2 aliphatic rings. The van der Waals surface area contributed by atoms with Crippen molar-refractivity contribution < 1.29 is 4.79 Å². The number of H-pyrrole nitrogens is 1. The summed E-state index contributed by atoms with van der Waals surface area (Å²) in [5.41, 5.74) is 8.47. The summed E-state index contributed by atoms with van der Waals surface area (Å²) in [4.78, 5) is 12.1. The number of hydrogen-bond acceptors (Lipinski definition) is 2. The number of allylic oxidation sites excluding steroid dienone is 1. The van der Waals surface area contributed by atoms with Crippen molar-refractivity contribution in [2.24, 2.45) is 5.92 Å². The largest absolute Gasteiger partial charge is 0.350 e. The van der Waals surface area contributed by atoms with Crippen molar-refractivity contribution in [1.82, 2.24) is 15.5 Å². The van der Waals surface area contributed by atoms with Crippen LogP contribution in [0.15, 0.2) is 78.9 Å². The molecule has 0 bridgehead atoms. The van der Waals surface area contributed by atoms with Gasteiger partial charge in [-0.1, -0.05) is 67.1 Å². The maximum Gasteiger partial charge on any atom is 0.244 e.